The van der Waals surface area contributed by atoms with Crippen LogP contribution in [-0.4, -0.2) is 58.9 Å². The van der Waals surface area contributed by atoms with Gasteiger partial charge in [-0.2, -0.15) is 0 Å². The quantitative estimate of drug-likeness (QED) is 0.242. The summed E-state index contributed by atoms with van der Waals surface area (Å²) in [6, 6.07) is 13.8. The molecule has 6 nitrogen and oxygen atoms in total. The largest absolute Gasteiger partial charge is 0.322 e. The SMILES string of the molecule is Cc1ccc(NC(=O)c2cc(Br)c(CN3CCN(C)CC3)c(Br)c2)cc1Cc1nc(-c2cccnc2)cs1. The number of carbonyl (C=O) groups is 1. The van der Waals surface area contributed by atoms with Crippen LogP contribution in [-0.2, 0) is 13.0 Å². The van der Waals surface area contributed by atoms with E-state index in [9.17, 15) is 4.79 Å². The van der Waals surface area contributed by atoms with Crippen LogP contribution in [0.15, 0.2) is 69.2 Å². The Hall–Kier alpha value is -2.43. The Labute approximate surface area is 244 Å². The smallest absolute Gasteiger partial charge is 0.255 e. The summed E-state index contributed by atoms with van der Waals surface area (Å²) in [6.07, 6.45) is 4.30. The Balaban J connectivity index is 1.27. The van der Waals surface area contributed by atoms with Gasteiger partial charge >= 0.3 is 0 Å². The number of carbonyl (C=O) groups excluding carboxylic acids is 1. The maximum atomic E-state index is 13.2. The monoisotopic (exact) mass is 653 g/mol. The summed E-state index contributed by atoms with van der Waals surface area (Å²) in [5.74, 6) is -0.138. The molecule has 38 heavy (non-hydrogen) atoms. The molecule has 0 unspecified atom stereocenters. The first-order valence-corrected chi connectivity index (χ1v) is 15.0. The first-order valence-electron chi connectivity index (χ1n) is 12.5. The van der Waals surface area contributed by atoms with Crippen LogP contribution in [0.1, 0.15) is 32.1 Å². The van der Waals surface area contributed by atoms with Crippen LogP contribution in [0.25, 0.3) is 11.3 Å². The number of benzene rings is 2. The molecule has 0 spiro atoms. The van der Waals surface area contributed by atoms with Crippen molar-refractivity contribution in [3.63, 3.8) is 0 Å². The number of anilines is 1. The summed E-state index contributed by atoms with van der Waals surface area (Å²) in [5.41, 5.74) is 6.80. The minimum absolute atomic E-state index is 0.138. The number of rotatable bonds is 7. The minimum atomic E-state index is -0.138. The van der Waals surface area contributed by atoms with Crippen molar-refractivity contribution in [1.82, 2.24) is 19.8 Å². The first kappa shape index (κ1) is 27.1. The summed E-state index contributed by atoms with van der Waals surface area (Å²) in [6.45, 7) is 7.16. The first-order chi connectivity index (χ1) is 18.4. The highest BCUT2D eigenvalue weighted by molar-refractivity contribution is 9.11. The second kappa shape index (κ2) is 12.2. The Morgan fingerprint density at radius 2 is 1.84 bits per heavy atom. The number of hydrogen-bond donors (Lipinski definition) is 1. The van der Waals surface area contributed by atoms with Gasteiger partial charge in [0.1, 0.15) is 0 Å². The molecular formula is C29H29Br2N5OS. The number of pyridine rings is 1. The summed E-state index contributed by atoms with van der Waals surface area (Å²) in [4.78, 5) is 27.0. The van der Waals surface area contributed by atoms with Crippen molar-refractivity contribution in [2.75, 3.05) is 38.5 Å². The minimum Gasteiger partial charge on any atom is -0.322 e. The van der Waals surface area contributed by atoms with Crippen molar-refractivity contribution in [3.8, 4) is 11.3 Å². The Morgan fingerprint density at radius 3 is 2.55 bits per heavy atom. The van der Waals surface area contributed by atoms with E-state index >= 15 is 0 Å². The van der Waals surface area contributed by atoms with E-state index in [-0.39, 0.29) is 5.91 Å². The molecule has 0 radical (unpaired) electrons. The zero-order valence-corrected chi connectivity index (χ0v) is 25.4. The van der Waals surface area contributed by atoms with Crippen LogP contribution in [0.4, 0.5) is 5.69 Å². The van der Waals surface area contributed by atoms with Crippen molar-refractivity contribution in [3.05, 3.63) is 96.4 Å². The summed E-state index contributed by atoms with van der Waals surface area (Å²) < 4.78 is 1.88. The van der Waals surface area contributed by atoms with Gasteiger partial charge in [0.15, 0.2) is 0 Å². The molecule has 196 valence electrons. The second-order valence-electron chi connectivity index (χ2n) is 9.64. The van der Waals surface area contributed by atoms with Gasteiger partial charge in [-0.05, 0) is 67.1 Å². The van der Waals surface area contributed by atoms with Crippen LogP contribution in [0, 0.1) is 6.92 Å². The lowest BCUT2D eigenvalue weighted by molar-refractivity contribution is 0.102. The fraction of sp³-hybridized carbons (Fsp3) is 0.276. The van der Waals surface area contributed by atoms with E-state index in [1.54, 1.807) is 17.5 Å². The highest BCUT2D eigenvalue weighted by atomic mass is 79.9. The number of nitrogens with one attached hydrogen (secondary N) is 1. The number of aryl methyl sites for hydroxylation is 1. The molecule has 0 saturated carbocycles. The third-order valence-corrected chi connectivity index (χ3v) is 9.10. The maximum absolute atomic E-state index is 13.2. The third kappa shape index (κ3) is 6.58. The molecule has 0 atom stereocenters. The molecule has 3 heterocycles. The summed E-state index contributed by atoms with van der Waals surface area (Å²) >= 11 is 9.06. The van der Waals surface area contributed by atoms with Crippen LogP contribution >= 0.6 is 43.2 Å². The molecule has 9 heteroatoms. The highest BCUT2D eigenvalue weighted by Crippen LogP contribution is 2.30. The average molecular weight is 655 g/mol. The van der Waals surface area contributed by atoms with Gasteiger partial charge in [0, 0.05) is 82.7 Å². The molecule has 4 aromatic rings. The normalized spacial score (nSPS) is 14.5. The predicted octanol–water partition coefficient (Wildman–Crippen LogP) is 6.63. The standard InChI is InChI=1S/C29H29Br2N5OS/c1-19-5-6-23(12-21(19)15-28-34-27(18-38-28)20-4-3-7-32-16-20)33-29(37)22-13-25(30)24(26(31)14-22)17-36-10-8-35(2)9-11-36/h3-7,12-14,16,18H,8-11,15,17H2,1-2H3,(H,33,37). The number of hydrogen-bond acceptors (Lipinski definition) is 6. The third-order valence-electron chi connectivity index (χ3n) is 6.84. The number of likely N-dealkylation sites (N-methyl/N-ethyl adjacent to an activating group) is 1. The molecule has 1 fully saturated rings. The molecule has 5 rings (SSSR count). The summed E-state index contributed by atoms with van der Waals surface area (Å²) in [7, 11) is 2.16. The Morgan fingerprint density at radius 1 is 1.08 bits per heavy atom. The lowest BCUT2D eigenvalue weighted by atomic mass is 10.0. The van der Waals surface area contributed by atoms with E-state index in [1.807, 2.05) is 48.7 Å². The van der Waals surface area contributed by atoms with E-state index in [1.165, 1.54) is 5.56 Å². The number of thiazole rings is 1. The molecule has 1 amide bonds. The van der Waals surface area contributed by atoms with Gasteiger partial charge in [0.05, 0.1) is 10.7 Å². The van der Waals surface area contributed by atoms with E-state index in [4.69, 9.17) is 4.98 Å². The number of nitrogens with zero attached hydrogens (tertiary/aromatic N) is 4. The van der Waals surface area contributed by atoms with E-state index in [0.717, 1.165) is 74.7 Å². The molecule has 1 aliphatic rings. The van der Waals surface area contributed by atoms with Crippen molar-refractivity contribution in [2.45, 2.75) is 19.9 Å². The van der Waals surface area contributed by atoms with Gasteiger partial charge in [-0.15, -0.1) is 11.3 Å². The number of halogens is 2. The van der Waals surface area contributed by atoms with Crippen LogP contribution in [0.5, 0.6) is 0 Å². The fourth-order valence-electron chi connectivity index (χ4n) is 4.46. The number of aromatic nitrogens is 2. The van der Waals surface area contributed by atoms with Crippen molar-refractivity contribution in [1.29, 1.82) is 0 Å². The zero-order valence-electron chi connectivity index (χ0n) is 21.4. The van der Waals surface area contributed by atoms with Gasteiger partial charge in [-0.25, -0.2) is 4.98 Å². The van der Waals surface area contributed by atoms with E-state index in [0.29, 0.717) is 12.0 Å². The van der Waals surface area contributed by atoms with Gasteiger partial charge in [-0.3, -0.25) is 14.7 Å². The fourth-order valence-corrected chi connectivity index (χ4v) is 6.72. The zero-order chi connectivity index (χ0) is 26.6. The molecule has 0 bridgehead atoms. The lowest BCUT2D eigenvalue weighted by Gasteiger charge is -2.32. The highest BCUT2D eigenvalue weighted by Gasteiger charge is 2.19. The van der Waals surface area contributed by atoms with Crippen molar-refractivity contribution >= 4 is 54.8 Å². The number of piperazine rings is 1. The topological polar surface area (TPSA) is 61.4 Å². The molecule has 2 aromatic heterocycles. The van der Waals surface area contributed by atoms with Gasteiger partial charge in [-0.1, -0.05) is 37.9 Å². The average Bonchev–Trinajstić information content (AvgIpc) is 3.38. The Kier molecular flexibility index (Phi) is 8.70. The molecule has 0 aliphatic carbocycles. The molecule has 1 saturated heterocycles. The predicted molar refractivity (Wildman–Crippen MR) is 162 cm³/mol. The van der Waals surface area contributed by atoms with Crippen LogP contribution in [0.3, 0.4) is 0 Å². The molecule has 1 N–H and O–H groups in total. The van der Waals surface area contributed by atoms with Crippen LogP contribution < -0.4 is 5.32 Å². The van der Waals surface area contributed by atoms with Gasteiger partial charge < -0.3 is 10.2 Å². The maximum Gasteiger partial charge on any atom is 0.255 e. The van der Waals surface area contributed by atoms with E-state index < -0.39 is 0 Å². The Bertz CT molecular complexity index is 1410. The van der Waals surface area contributed by atoms with E-state index in [2.05, 4.69) is 71.3 Å². The number of amides is 1. The lowest BCUT2D eigenvalue weighted by Crippen LogP contribution is -2.44. The van der Waals surface area contributed by atoms with Gasteiger partial charge in [0.2, 0.25) is 0 Å². The molecule has 2 aromatic carbocycles. The van der Waals surface area contributed by atoms with Crippen molar-refractivity contribution < 1.29 is 4.79 Å². The second-order valence-corrected chi connectivity index (χ2v) is 12.3. The van der Waals surface area contributed by atoms with Gasteiger partial charge in [0.25, 0.3) is 5.91 Å². The summed E-state index contributed by atoms with van der Waals surface area (Å²) in [5, 5.41) is 6.17. The molecular weight excluding hydrogens is 626 g/mol. The molecule has 1 aliphatic heterocycles. The van der Waals surface area contributed by atoms with Crippen molar-refractivity contribution in [2.24, 2.45) is 0 Å². The van der Waals surface area contributed by atoms with Crippen LogP contribution in [0.2, 0.25) is 0 Å².